The van der Waals surface area contributed by atoms with E-state index in [9.17, 15) is 31.5 Å². The minimum absolute atomic E-state index is 0.0704. The van der Waals surface area contributed by atoms with E-state index in [-0.39, 0.29) is 28.9 Å². The van der Waals surface area contributed by atoms with Gasteiger partial charge in [0.1, 0.15) is 11.9 Å². The molecule has 1 atom stereocenters. The molecule has 0 aliphatic carbocycles. The summed E-state index contributed by atoms with van der Waals surface area (Å²) in [5, 5.41) is 2.60. The largest absolute Gasteiger partial charge is 0.489 e. The van der Waals surface area contributed by atoms with Gasteiger partial charge in [0.2, 0.25) is 0 Å². The maximum absolute atomic E-state index is 13.5. The number of halogens is 5. The summed E-state index contributed by atoms with van der Waals surface area (Å²) in [5.74, 6) is -3.72. The van der Waals surface area contributed by atoms with Gasteiger partial charge in [-0.25, -0.2) is 8.78 Å². The number of ether oxygens (including phenoxy) is 1. The fourth-order valence-electron chi connectivity index (χ4n) is 3.67. The molecule has 1 aromatic heterocycles. The van der Waals surface area contributed by atoms with Gasteiger partial charge in [-0.2, -0.15) is 13.2 Å². The van der Waals surface area contributed by atoms with Gasteiger partial charge in [-0.1, -0.05) is 0 Å². The normalized spacial score (nSPS) is 16.6. The van der Waals surface area contributed by atoms with Crippen LogP contribution in [0, 0.1) is 11.6 Å². The van der Waals surface area contributed by atoms with Crippen LogP contribution in [0.25, 0.3) is 10.9 Å². The van der Waals surface area contributed by atoms with Crippen LogP contribution in [0.5, 0.6) is 5.75 Å². The minimum Gasteiger partial charge on any atom is -0.489 e. The number of aromatic nitrogens is 1. The number of hydrogen-bond donors (Lipinski definition) is 2. The van der Waals surface area contributed by atoms with E-state index in [0.29, 0.717) is 19.4 Å². The molecule has 6 nitrogen and oxygen atoms in total. The summed E-state index contributed by atoms with van der Waals surface area (Å²) >= 11 is 0. The van der Waals surface area contributed by atoms with Crippen LogP contribution in [0.3, 0.4) is 0 Å². The first kappa shape index (κ1) is 22.6. The molecule has 2 aromatic carbocycles. The van der Waals surface area contributed by atoms with Gasteiger partial charge in [-0.3, -0.25) is 9.59 Å². The zero-order valence-corrected chi connectivity index (χ0v) is 17.0. The molecule has 0 bridgehead atoms. The van der Waals surface area contributed by atoms with Crippen LogP contribution in [0.4, 0.5) is 27.6 Å². The molecule has 1 aliphatic rings. The van der Waals surface area contributed by atoms with Crippen molar-refractivity contribution in [3.05, 3.63) is 59.8 Å². The van der Waals surface area contributed by atoms with Crippen molar-refractivity contribution in [2.45, 2.75) is 25.1 Å². The SMILES string of the molecule is O=C(Nc1c[nH]c2cc(F)c(F)cc12)C(=O)N1CCCC(Oc2ccc(C(F)(F)F)cc2)C1. The summed E-state index contributed by atoms with van der Waals surface area (Å²) in [7, 11) is 0. The van der Waals surface area contributed by atoms with Gasteiger partial charge in [-0.15, -0.1) is 0 Å². The Hall–Kier alpha value is -3.63. The average Bonchev–Trinajstić information content (AvgIpc) is 3.14. The number of piperidine rings is 1. The molecule has 2 heterocycles. The summed E-state index contributed by atoms with van der Waals surface area (Å²) in [6.07, 6.45) is -2.55. The first-order valence-electron chi connectivity index (χ1n) is 10.0. The maximum atomic E-state index is 13.5. The fraction of sp³-hybridized carbons (Fsp3) is 0.273. The van der Waals surface area contributed by atoms with Gasteiger partial charge in [0.15, 0.2) is 11.6 Å². The number of alkyl halides is 3. The average molecular weight is 467 g/mol. The number of carbonyl (C=O) groups excluding carboxylic acids is 2. The van der Waals surface area contributed by atoms with Gasteiger partial charge in [0.05, 0.1) is 23.3 Å². The van der Waals surface area contributed by atoms with Crippen molar-refractivity contribution in [1.29, 1.82) is 0 Å². The summed E-state index contributed by atoms with van der Waals surface area (Å²) in [5.41, 5.74) is -0.427. The van der Waals surface area contributed by atoms with E-state index in [1.807, 2.05) is 0 Å². The van der Waals surface area contributed by atoms with Crippen molar-refractivity contribution in [3.63, 3.8) is 0 Å². The Kier molecular flexibility index (Phi) is 5.96. The molecule has 1 saturated heterocycles. The van der Waals surface area contributed by atoms with Crippen LogP contribution in [0.15, 0.2) is 42.6 Å². The van der Waals surface area contributed by atoms with Crippen LogP contribution in [-0.4, -0.2) is 40.9 Å². The number of anilines is 1. The molecule has 1 unspecified atom stereocenters. The highest BCUT2D eigenvalue weighted by Crippen LogP contribution is 2.31. The lowest BCUT2D eigenvalue weighted by Gasteiger charge is -2.32. The van der Waals surface area contributed by atoms with E-state index in [0.717, 1.165) is 24.3 Å². The number of rotatable bonds is 3. The van der Waals surface area contributed by atoms with E-state index < -0.39 is 41.3 Å². The highest BCUT2D eigenvalue weighted by atomic mass is 19.4. The van der Waals surface area contributed by atoms with Crippen molar-refractivity contribution < 1.29 is 36.3 Å². The molecular weight excluding hydrogens is 449 g/mol. The third-order valence-corrected chi connectivity index (χ3v) is 5.31. The number of nitrogens with zero attached hydrogens (tertiary/aromatic N) is 1. The van der Waals surface area contributed by atoms with Crippen LogP contribution in [-0.2, 0) is 15.8 Å². The molecule has 3 aromatic rings. The number of benzene rings is 2. The number of aromatic amines is 1. The lowest BCUT2D eigenvalue weighted by molar-refractivity contribution is -0.144. The van der Waals surface area contributed by atoms with E-state index in [1.54, 1.807) is 0 Å². The molecule has 1 fully saturated rings. The molecule has 2 amide bonds. The Balaban J connectivity index is 1.39. The molecule has 1 aliphatic heterocycles. The summed E-state index contributed by atoms with van der Waals surface area (Å²) in [6.45, 7) is 0.369. The second-order valence-electron chi connectivity index (χ2n) is 7.62. The Bertz CT molecular complexity index is 1190. The Morgan fingerprint density at radius 2 is 1.79 bits per heavy atom. The Morgan fingerprint density at radius 1 is 1.09 bits per heavy atom. The minimum atomic E-state index is -4.45. The quantitative estimate of drug-likeness (QED) is 0.441. The number of nitrogens with one attached hydrogen (secondary N) is 2. The van der Waals surface area contributed by atoms with Crippen LogP contribution in [0.1, 0.15) is 18.4 Å². The van der Waals surface area contributed by atoms with Crippen LogP contribution < -0.4 is 10.1 Å². The first-order chi connectivity index (χ1) is 15.6. The van der Waals surface area contributed by atoms with Crippen molar-refractivity contribution in [2.75, 3.05) is 18.4 Å². The number of amides is 2. The molecule has 0 saturated carbocycles. The Labute approximate surface area is 184 Å². The second kappa shape index (κ2) is 8.72. The van der Waals surface area contributed by atoms with E-state index in [4.69, 9.17) is 4.74 Å². The maximum Gasteiger partial charge on any atom is 0.416 e. The van der Waals surface area contributed by atoms with Crippen LogP contribution in [0.2, 0.25) is 0 Å². The Morgan fingerprint density at radius 3 is 2.48 bits per heavy atom. The lowest BCUT2D eigenvalue weighted by Crippen LogP contribution is -2.48. The first-order valence-corrected chi connectivity index (χ1v) is 10.0. The summed E-state index contributed by atoms with van der Waals surface area (Å²) in [6, 6.07) is 6.07. The predicted molar refractivity (Wildman–Crippen MR) is 109 cm³/mol. The topological polar surface area (TPSA) is 74.4 Å². The highest BCUT2D eigenvalue weighted by molar-refractivity contribution is 6.40. The molecule has 174 valence electrons. The number of likely N-dealkylation sites (tertiary alicyclic amines) is 1. The monoisotopic (exact) mass is 467 g/mol. The van der Waals surface area contributed by atoms with Crippen LogP contribution >= 0.6 is 0 Å². The summed E-state index contributed by atoms with van der Waals surface area (Å²) < 4.78 is 70.7. The second-order valence-corrected chi connectivity index (χ2v) is 7.62. The van der Waals surface area contributed by atoms with E-state index >= 15 is 0 Å². The lowest BCUT2D eigenvalue weighted by atomic mass is 10.1. The molecule has 2 N–H and O–H groups in total. The number of hydrogen-bond acceptors (Lipinski definition) is 3. The molecule has 4 rings (SSSR count). The third-order valence-electron chi connectivity index (χ3n) is 5.31. The zero-order chi connectivity index (χ0) is 23.8. The summed E-state index contributed by atoms with van der Waals surface area (Å²) in [4.78, 5) is 29.1. The standard InChI is InChI=1S/C22H18F5N3O3/c23-16-8-15-18(9-17(16)24)28-10-19(15)29-20(31)21(32)30-7-1-2-14(11-30)33-13-5-3-12(4-6-13)22(25,26)27/h3-6,8-10,14,28H,1-2,7,11H2,(H,29,31). The van der Waals surface area contributed by atoms with Gasteiger partial charge in [0.25, 0.3) is 0 Å². The number of H-pyrrole nitrogens is 1. The predicted octanol–water partition coefficient (Wildman–Crippen LogP) is 4.47. The van der Waals surface area contributed by atoms with E-state index in [1.165, 1.54) is 23.2 Å². The molecule has 33 heavy (non-hydrogen) atoms. The molecule has 0 radical (unpaired) electrons. The number of carbonyl (C=O) groups is 2. The highest BCUT2D eigenvalue weighted by Gasteiger charge is 2.31. The fourth-order valence-corrected chi connectivity index (χ4v) is 3.67. The van der Waals surface area contributed by atoms with Crippen molar-refractivity contribution in [3.8, 4) is 5.75 Å². The van der Waals surface area contributed by atoms with Gasteiger partial charge in [0, 0.05) is 24.2 Å². The number of fused-ring (bicyclic) bond motifs is 1. The van der Waals surface area contributed by atoms with Gasteiger partial charge in [-0.05, 0) is 43.2 Å². The van der Waals surface area contributed by atoms with Crippen molar-refractivity contribution in [2.24, 2.45) is 0 Å². The molecule has 11 heteroatoms. The van der Waals surface area contributed by atoms with Gasteiger partial charge < -0.3 is 19.9 Å². The third kappa shape index (κ3) is 4.91. The van der Waals surface area contributed by atoms with E-state index in [2.05, 4.69) is 10.3 Å². The smallest absolute Gasteiger partial charge is 0.416 e. The van der Waals surface area contributed by atoms with Gasteiger partial charge >= 0.3 is 18.0 Å². The molecular formula is C22H18F5N3O3. The van der Waals surface area contributed by atoms with Crippen molar-refractivity contribution in [1.82, 2.24) is 9.88 Å². The van der Waals surface area contributed by atoms with Crippen molar-refractivity contribution >= 4 is 28.4 Å². The zero-order valence-electron chi connectivity index (χ0n) is 17.0. The molecule has 0 spiro atoms.